The zero-order valence-electron chi connectivity index (χ0n) is 7.03. The number of amides is 1. The van der Waals surface area contributed by atoms with E-state index in [9.17, 15) is 4.79 Å². The van der Waals surface area contributed by atoms with Crippen LogP contribution >= 0.6 is 15.9 Å². The van der Waals surface area contributed by atoms with Gasteiger partial charge < -0.3 is 4.90 Å². The van der Waals surface area contributed by atoms with Crippen molar-refractivity contribution in [2.24, 2.45) is 5.92 Å². The molecule has 0 atom stereocenters. The fourth-order valence-corrected chi connectivity index (χ4v) is 1.79. The van der Waals surface area contributed by atoms with Gasteiger partial charge in [0, 0.05) is 30.5 Å². The first kappa shape index (κ1) is 8.74. The minimum Gasteiger partial charge on any atom is -0.338 e. The van der Waals surface area contributed by atoms with Crippen LogP contribution in [0.15, 0.2) is 12.4 Å². The maximum absolute atomic E-state index is 11.6. The summed E-state index contributed by atoms with van der Waals surface area (Å²) in [7, 11) is 0. The maximum atomic E-state index is 11.6. The number of hydrogen-bond donors (Lipinski definition) is 1. The first-order chi connectivity index (χ1) is 6.31. The van der Waals surface area contributed by atoms with Gasteiger partial charge in [0.25, 0.3) is 5.91 Å². The van der Waals surface area contributed by atoms with E-state index in [-0.39, 0.29) is 5.91 Å². The average Bonchev–Trinajstić information content (AvgIpc) is 2.53. The SMILES string of the molecule is O=C(c1cn[nH]c1)N1CC(CBr)C1. The summed E-state index contributed by atoms with van der Waals surface area (Å²) in [5, 5.41) is 7.35. The lowest BCUT2D eigenvalue weighted by Gasteiger charge is -2.38. The second-order valence-electron chi connectivity index (χ2n) is 3.22. The molecule has 1 saturated heterocycles. The molecule has 0 aromatic carbocycles. The third kappa shape index (κ3) is 1.60. The van der Waals surface area contributed by atoms with E-state index in [1.54, 1.807) is 12.4 Å². The molecule has 5 heteroatoms. The number of nitrogens with zero attached hydrogens (tertiary/aromatic N) is 2. The molecule has 0 aliphatic carbocycles. The van der Waals surface area contributed by atoms with Gasteiger partial charge in [0.05, 0.1) is 11.8 Å². The quantitative estimate of drug-likeness (QED) is 0.785. The highest BCUT2D eigenvalue weighted by molar-refractivity contribution is 9.09. The van der Waals surface area contributed by atoms with E-state index in [2.05, 4.69) is 26.1 Å². The molecule has 0 saturated carbocycles. The number of rotatable bonds is 2. The third-order valence-electron chi connectivity index (χ3n) is 2.21. The first-order valence-corrected chi connectivity index (χ1v) is 5.27. The summed E-state index contributed by atoms with van der Waals surface area (Å²) in [5.74, 6) is 0.696. The summed E-state index contributed by atoms with van der Waals surface area (Å²) in [4.78, 5) is 13.4. The number of nitrogens with one attached hydrogen (secondary N) is 1. The minimum absolute atomic E-state index is 0.0750. The summed E-state index contributed by atoms with van der Waals surface area (Å²) in [6, 6.07) is 0. The Morgan fingerprint density at radius 3 is 3.08 bits per heavy atom. The highest BCUT2D eigenvalue weighted by atomic mass is 79.9. The summed E-state index contributed by atoms with van der Waals surface area (Å²) in [5.41, 5.74) is 0.646. The van der Waals surface area contributed by atoms with Crippen molar-refractivity contribution in [3.05, 3.63) is 18.0 Å². The molecule has 2 heterocycles. The molecule has 1 aromatic heterocycles. The molecule has 0 unspecified atom stereocenters. The van der Waals surface area contributed by atoms with Crippen molar-refractivity contribution in [1.29, 1.82) is 0 Å². The number of carbonyl (C=O) groups is 1. The van der Waals surface area contributed by atoms with E-state index in [4.69, 9.17) is 0 Å². The van der Waals surface area contributed by atoms with Crippen LogP contribution in [0.5, 0.6) is 0 Å². The lowest BCUT2D eigenvalue weighted by atomic mass is 10.0. The van der Waals surface area contributed by atoms with Crippen LogP contribution in [0.25, 0.3) is 0 Å². The van der Waals surface area contributed by atoms with Gasteiger partial charge in [0.2, 0.25) is 0 Å². The van der Waals surface area contributed by atoms with Crippen molar-refractivity contribution in [3.8, 4) is 0 Å². The molecule has 1 aromatic rings. The molecule has 70 valence electrons. The van der Waals surface area contributed by atoms with Gasteiger partial charge in [-0.2, -0.15) is 5.10 Å². The van der Waals surface area contributed by atoms with Crippen LogP contribution in [0.3, 0.4) is 0 Å². The molecule has 4 nitrogen and oxygen atoms in total. The van der Waals surface area contributed by atoms with E-state index < -0.39 is 0 Å². The van der Waals surface area contributed by atoms with Crippen molar-refractivity contribution >= 4 is 21.8 Å². The first-order valence-electron chi connectivity index (χ1n) is 4.15. The zero-order chi connectivity index (χ0) is 9.26. The molecule has 2 rings (SSSR count). The maximum Gasteiger partial charge on any atom is 0.257 e. The summed E-state index contributed by atoms with van der Waals surface area (Å²) < 4.78 is 0. The van der Waals surface area contributed by atoms with Crippen molar-refractivity contribution in [2.75, 3.05) is 18.4 Å². The fraction of sp³-hybridized carbons (Fsp3) is 0.500. The van der Waals surface area contributed by atoms with E-state index >= 15 is 0 Å². The average molecular weight is 244 g/mol. The zero-order valence-corrected chi connectivity index (χ0v) is 8.62. The molecule has 1 aliphatic heterocycles. The number of aromatic amines is 1. The van der Waals surface area contributed by atoms with Crippen molar-refractivity contribution < 1.29 is 4.79 Å². The van der Waals surface area contributed by atoms with Crippen molar-refractivity contribution in [1.82, 2.24) is 15.1 Å². The molecule has 1 fully saturated rings. The Morgan fingerprint density at radius 2 is 2.54 bits per heavy atom. The van der Waals surface area contributed by atoms with Crippen LogP contribution in [0, 0.1) is 5.92 Å². The van der Waals surface area contributed by atoms with Gasteiger partial charge in [0.1, 0.15) is 0 Å². The number of likely N-dealkylation sites (tertiary alicyclic amines) is 1. The van der Waals surface area contributed by atoms with Crippen LogP contribution in [0.1, 0.15) is 10.4 Å². The van der Waals surface area contributed by atoms with E-state index in [0.717, 1.165) is 18.4 Å². The van der Waals surface area contributed by atoms with Crippen LogP contribution < -0.4 is 0 Å². The lowest BCUT2D eigenvalue weighted by Crippen LogP contribution is -2.50. The molecule has 0 radical (unpaired) electrons. The van der Waals surface area contributed by atoms with Crippen LogP contribution in [0.4, 0.5) is 0 Å². The second kappa shape index (κ2) is 3.49. The minimum atomic E-state index is 0.0750. The van der Waals surface area contributed by atoms with Gasteiger partial charge in [0.15, 0.2) is 0 Å². The standard InChI is InChI=1S/C8H10BrN3O/c9-1-6-4-12(5-6)8(13)7-2-10-11-3-7/h2-3,6H,1,4-5H2,(H,10,11). The Kier molecular flexibility index (Phi) is 2.35. The number of carbonyl (C=O) groups excluding carboxylic acids is 1. The summed E-state index contributed by atoms with van der Waals surface area (Å²) in [6.45, 7) is 1.71. The fourth-order valence-electron chi connectivity index (χ4n) is 1.38. The topological polar surface area (TPSA) is 49.0 Å². The number of hydrogen-bond acceptors (Lipinski definition) is 2. The molecular weight excluding hydrogens is 234 g/mol. The Bertz CT molecular complexity index is 292. The molecule has 13 heavy (non-hydrogen) atoms. The normalized spacial score (nSPS) is 17.2. The monoisotopic (exact) mass is 243 g/mol. The second-order valence-corrected chi connectivity index (χ2v) is 3.86. The predicted octanol–water partition coefficient (Wildman–Crippen LogP) is 0.877. The predicted molar refractivity (Wildman–Crippen MR) is 51.8 cm³/mol. The van der Waals surface area contributed by atoms with Gasteiger partial charge >= 0.3 is 0 Å². The summed E-state index contributed by atoms with van der Waals surface area (Å²) in [6.07, 6.45) is 3.19. The van der Waals surface area contributed by atoms with Crippen LogP contribution in [0.2, 0.25) is 0 Å². The Labute approximate surface area is 84.4 Å². The Balaban J connectivity index is 1.94. The lowest BCUT2D eigenvalue weighted by molar-refractivity contribution is 0.0539. The van der Waals surface area contributed by atoms with E-state index in [1.807, 2.05) is 4.90 Å². The molecule has 1 aliphatic rings. The third-order valence-corrected chi connectivity index (χ3v) is 3.12. The highest BCUT2D eigenvalue weighted by Crippen LogP contribution is 2.19. The molecular formula is C8H10BrN3O. The van der Waals surface area contributed by atoms with Gasteiger partial charge in [-0.1, -0.05) is 15.9 Å². The van der Waals surface area contributed by atoms with Gasteiger partial charge in [-0.3, -0.25) is 9.89 Å². The van der Waals surface area contributed by atoms with E-state index in [0.29, 0.717) is 11.5 Å². The molecule has 1 amide bonds. The Morgan fingerprint density at radius 1 is 1.77 bits per heavy atom. The number of H-pyrrole nitrogens is 1. The molecule has 0 spiro atoms. The van der Waals surface area contributed by atoms with Gasteiger partial charge in [-0.25, -0.2) is 0 Å². The van der Waals surface area contributed by atoms with E-state index in [1.165, 1.54) is 0 Å². The molecule has 0 bridgehead atoms. The van der Waals surface area contributed by atoms with Gasteiger partial charge in [-0.15, -0.1) is 0 Å². The summed E-state index contributed by atoms with van der Waals surface area (Å²) >= 11 is 3.40. The number of halogens is 1. The number of alkyl halides is 1. The molecule has 1 N–H and O–H groups in total. The number of aromatic nitrogens is 2. The van der Waals surface area contributed by atoms with Crippen LogP contribution in [-0.4, -0.2) is 39.4 Å². The highest BCUT2D eigenvalue weighted by Gasteiger charge is 2.30. The smallest absolute Gasteiger partial charge is 0.257 e. The largest absolute Gasteiger partial charge is 0.338 e. The van der Waals surface area contributed by atoms with Gasteiger partial charge in [-0.05, 0) is 0 Å². The van der Waals surface area contributed by atoms with Crippen molar-refractivity contribution in [3.63, 3.8) is 0 Å². The van der Waals surface area contributed by atoms with Crippen molar-refractivity contribution in [2.45, 2.75) is 0 Å². The Hall–Kier alpha value is -0.840. The van der Waals surface area contributed by atoms with Crippen LogP contribution in [-0.2, 0) is 0 Å².